The Balaban J connectivity index is 1.72. The smallest absolute Gasteiger partial charge is 0.230 e. The molecule has 0 aliphatic rings. The Bertz CT molecular complexity index is 793. The fraction of sp³-hybridized carbons (Fsp3) is 0.125. The van der Waals surface area contributed by atoms with Crippen LogP contribution in [0.15, 0.2) is 42.5 Å². The Labute approximate surface area is 126 Å². The van der Waals surface area contributed by atoms with Crippen molar-refractivity contribution in [3.8, 4) is 0 Å². The van der Waals surface area contributed by atoms with Crippen LogP contribution < -0.4 is 11.1 Å². The lowest BCUT2D eigenvalue weighted by atomic mass is 10.1. The van der Waals surface area contributed by atoms with Crippen LogP contribution in [0.5, 0.6) is 0 Å². The summed E-state index contributed by atoms with van der Waals surface area (Å²) in [7, 11) is 0. The zero-order valence-electron chi connectivity index (χ0n) is 11.6. The maximum Gasteiger partial charge on any atom is 0.230 e. The molecule has 1 heterocycles. The second-order valence-electron chi connectivity index (χ2n) is 4.96. The predicted octanol–water partition coefficient (Wildman–Crippen LogP) is 3.37. The van der Waals surface area contributed by atoms with E-state index in [9.17, 15) is 4.79 Å². The average Bonchev–Trinajstić information content (AvgIpc) is 2.82. The summed E-state index contributed by atoms with van der Waals surface area (Å²) < 4.78 is 1.08. The van der Waals surface area contributed by atoms with E-state index in [1.54, 1.807) is 12.1 Å². The van der Waals surface area contributed by atoms with Crippen molar-refractivity contribution in [2.45, 2.75) is 13.3 Å². The van der Waals surface area contributed by atoms with Crippen LogP contribution >= 0.6 is 11.3 Å². The molecule has 0 spiro atoms. The van der Waals surface area contributed by atoms with Gasteiger partial charge in [-0.3, -0.25) is 4.79 Å². The third-order valence-corrected chi connectivity index (χ3v) is 4.07. The van der Waals surface area contributed by atoms with E-state index in [1.807, 2.05) is 31.2 Å². The number of amides is 1. The van der Waals surface area contributed by atoms with E-state index < -0.39 is 0 Å². The van der Waals surface area contributed by atoms with Gasteiger partial charge in [-0.2, -0.15) is 0 Å². The maximum absolute atomic E-state index is 12.0. The molecule has 0 aliphatic carbocycles. The van der Waals surface area contributed by atoms with Crippen molar-refractivity contribution in [3.05, 3.63) is 53.6 Å². The van der Waals surface area contributed by atoms with Gasteiger partial charge in [0.15, 0.2) is 5.13 Å². The van der Waals surface area contributed by atoms with Gasteiger partial charge in [-0.1, -0.05) is 29.5 Å². The first-order valence-electron chi connectivity index (χ1n) is 6.61. The van der Waals surface area contributed by atoms with E-state index in [2.05, 4.69) is 16.4 Å². The van der Waals surface area contributed by atoms with Gasteiger partial charge in [-0.15, -0.1) is 0 Å². The number of aromatic nitrogens is 1. The molecule has 0 unspecified atom stereocenters. The number of nitrogen functional groups attached to an aromatic ring is 1. The number of nitrogens with two attached hydrogens (primary N) is 1. The number of hydrogen-bond donors (Lipinski definition) is 2. The van der Waals surface area contributed by atoms with Crippen LogP contribution in [-0.2, 0) is 11.2 Å². The second kappa shape index (κ2) is 5.54. The van der Waals surface area contributed by atoms with Crippen LogP contribution in [0, 0.1) is 6.92 Å². The molecule has 0 radical (unpaired) electrons. The van der Waals surface area contributed by atoms with Gasteiger partial charge >= 0.3 is 0 Å². The Morgan fingerprint density at radius 3 is 2.76 bits per heavy atom. The largest absolute Gasteiger partial charge is 0.399 e. The van der Waals surface area contributed by atoms with Gasteiger partial charge in [0.2, 0.25) is 5.91 Å². The van der Waals surface area contributed by atoms with E-state index in [-0.39, 0.29) is 5.91 Å². The zero-order chi connectivity index (χ0) is 14.8. The van der Waals surface area contributed by atoms with Crippen LogP contribution in [-0.4, -0.2) is 10.9 Å². The van der Waals surface area contributed by atoms with Crippen molar-refractivity contribution in [1.29, 1.82) is 0 Å². The van der Waals surface area contributed by atoms with Crippen LogP contribution in [0.1, 0.15) is 11.1 Å². The molecule has 3 aromatic rings. The molecule has 2 aromatic carbocycles. The first kappa shape index (κ1) is 13.6. The van der Waals surface area contributed by atoms with Gasteiger partial charge in [-0.25, -0.2) is 4.98 Å². The normalized spacial score (nSPS) is 10.7. The van der Waals surface area contributed by atoms with Crippen molar-refractivity contribution >= 4 is 38.3 Å². The van der Waals surface area contributed by atoms with Crippen molar-refractivity contribution < 1.29 is 4.79 Å². The van der Waals surface area contributed by atoms with Crippen molar-refractivity contribution in [3.63, 3.8) is 0 Å². The first-order valence-corrected chi connectivity index (χ1v) is 7.43. The minimum absolute atomic E-state index is 0.0736. The number of carbonyl (C=O) groups excluding carboxylic acids is 1. The van der Waals surface area contributed by atoms with E-state index in [1.165, 1.54) is 16.9 Å². The number of thiazole rings is 1. The Morgan fingerprint density at radius 1 is 1.24 bits per heavy atom. The minimum Gasteiger partial charge on any atom is -0.399 e. The van der Waals surface area contributed by atoms with Gasteiger partial charge in [0, 0.05) is 5.69 Å². The molecular formula is C16H15N3OS. The maximum atomic E-state index is 12.0. The SMILES string of the molecule is Cc1ccc2nc(NC(=O)Cc3ccc(N)cc3)sc2c1. The van der Waals surface area contributed by atoms with Crippen molar-refractivity contribution in [1.82, 2.24) is 4.98 Å². The number of fused-ring (bicyclic) bond motifs is 1. The van der Waals surface area contributed by atoms with E-state index in [4.69, 9.17) is 5.73 Å². The molecule has 5 heteroatoms. The standard InChI is InChI=1S/C16H15N3OS/c1-10-2-7-13-14(8-10)21-16(18-13)19-15(20)9-11-3-5-12(17)6-4-11/h2-8H,9,17H2,1H3,(H,18,19,20). The molecule has 0 saturated heterocycles. The highest BCUT2D eigenvalue weighted by molar-refractivity contribution is 7.22. The van der Waals surface area contributed by atoms with Crippen molar-refractivity contribution in [2.75, 3.05) is 11.1 Å². The topological polar surface area (TPSA) is 68.0 Å². The third-order valence-electron chi connectivity index (χ3n) is 3.13. The number of carbonyl (C=O) groups is 1. The van der Waals surface area contributed by atoms with E-state index in [0.717, 1.165) is 15.8 Å². The molecule has 1 aromatic heterocycles. The highest BCUT2D eigenvalue weighted by atomic mass is 32.1. The number of rotatable bonds is 3. The van der Waals surface area contributed by atoms with Gasteiger partial charge in [-0.05, 0) is 42.3 Å². The molecule has 0 saturated carbocycles. The summed E-state index contributed by atoms with van der Waals surface area (Å²) in [5.41, 5.74) is 9.35. The molecule has 3 rings (SSSR count). The average molecular weight is 297 g/mol. The monoisotopic (exact) mass is 297 g/mol. The molecule has 21 heavy (non-hydrogen) atoms. The van der Waals surface area contributed by atoms with Gasteiger partial charge in [0.1, 0.15) is 0 Å². The van der Waals surface area contributed by atoms with Crippen LogP contribution in [0.2, 0.25) is 0 Å². The lowest BCUT2D eigenvalue weighted by Gasteiger charge is -2.02. The Hall–Kier alpha value is -2.40. The number of hydrogen-bond acceptors (Lipinski definition) is 4. The lowest BCUT2D eigenvalue weighted by Crippen LogP contribution is -2.14. The highest BCUT2D eigenvalue weighted by Crippen LogP contribution is 2.26. The Morgan fingerprint density at radius 2 is 2.00 bits per heavy atom. The summed E-state index contributed by atoms with van der Waals surface area (Å²) in [6.45, 7) is 2.04. The number of aryl methyl sites for hydroxylation is 1. The van der Waals surface area contributed by atoms with Crippen molar-refractivity contribution in [2.24, 2.45) is 0 Å². The number of benzene rings is 2. The van der Waals surface area contributed by atoms with E-state index >= 15 is 0 Å². The van der Waals surface area contributed by atoms with Gasteiger partial charge in [0.05, 0.1) is 16.6 Å². The Kier molecular flexibility index (Phi) is 3.58. The van der Waals surface area contributed by atoms with Crippen LogP contribution in [0.3, 0.4) is 0 Å². The van der Waals surface area contributed by atoms with Gasteiger partial charge < -0.3 is 11.1 Å². The molecule has 4 nitrogen and oxygen atoms in total. The summed E-state index contributed by atoms with van der Waals surface area (Å²) in [5, 5.41) is 3.49. The molecular weight excluding hydrogens is 282 g/mol. The number of nitrogens with one attached hydrogen (secondary N) is 1. The molecule has 0 bridgehead atoms. The summed E-state index contributed by atoms with van der Waals surface area (Å²) in [6.07, 6.45) is 0.315. The molecule has 0 atom stereocenters. The lowest BCUT2D eigenvalue weighted by molar-refractivity contribution is -0.115. The zero-order valence-corrected chi connectivity index (χ0v) is 12.4. The third kappa shape index (κ3) is 3.20. The summed E-state index contributed by atoms with van der Waals surface area (Å²) >= 11 is 1.49. The highest BCUT2D eigenvalue weighted by Gasteiger charge is 2.08. The second-order valence-corrected chi connectivity index (χ2v) is 5.99. The molecule has 106 valence electrons. The fourth-order valence-corrected chi connectivity index (χ4v) is 3.05. The van der Waals surface area contributed by atoms with Crippen LogP contribution in [0.4, 0.5) is 10.8 Å². The van der Waals surface area contributed by atoms with Crippen LogP contribution in [0.25, 0.3) is 10.2 Å². The quantitative estimate of drug-likeness (QED) is 0.728. The fourth-order valence-electron chi connectivity index (χ4n) is 2.07. The molecule has 3 N–H and O–H groups in total. The molecule has 0 fully saturated rings. The number of anilines is 2. The summed E-state index contributed by atoms with van der Waals surface area (Å²) in [6, 6.07) is 13.4. The van der Waals surface area contributed by atoms with Gasteiger partial charge in [0.25, 0.3) is 0 Å². The molecule has 0 aliphatic heterocycles. The predicted molar refractivity (Wildman–Crippen MR) is 87.5 cm³/mol. The summed E-state index contributed by atoms with van der Waals surface area (Å²) in [4.78, 5) is 16.5. The first-order chi connectivity index (χ1) is 10.1. The minimum atomic E-state index is -0.0736. The number of nitrogens with zero attached hydrogens (tertiary/aromatic N) is 1. The van der Waals surface area contributed by atoms with E-state index in [0.29, 0.717) is 17.2 Å². The molecule has 1 amide bonds. The summed E-state index contributed by atoms with van der Waals surface area (Å²) in [5.74, 6) is -0.0736.